The fourth-order valence-electron chi connectivity index (χ4n) is 3.27. The molecule has 0 bridgehead atoms. The lowest BCUT2D eigenvalue weighted by Gasteiger charge is -2.38. The summed E-state index contributed by atoms with van der Waals surface area (Å²) >= 11 is 0. The van der Waals surface area contributed by atoms with Crippen LogP contribution in [0.2, 0.25) is 0 Å². The van der Waals surface area contributed by atoms with Crippen LogP contribution in [0.25, 0.3) is 11.3 Å². The molecular formula is C21H22N4O5. The lowest BCUT2D eigenvalue weighted by molar-refractivity contribution is 0.0172. The Kier molecular flexibility index (Phi) is 5.42. The van der Waals surface area contributed by atoms with E-state index in [1.54, 1.807) is 56.8 Å². The van der Waals surface area contributed by atoms with E-state index >= 15 is 0 Å². The highest BCUT2D eigenvalue weighted by Gasteiger charge is 2.33. The molecule has 1 aliphatic heterocycles. The number of carbonyl (C=O) groups excluding carboxylic acids is 1. The van der Waals surface area contributed by atoms with Gasteiger partial charge in [-0.05, 0) is 30.3 Å². The van der Waals surface area contributed by atoms with E-state index in [0.717, 1.165) is 5.56 Å². The maximum absolute atomic E-state index is 12.7. The maximum Gasteiger partial charge on any atom is 0.272 e. The molecule has 9 heteroatoms. The van der Waals surface area contributed by atoms with Crippen LogP contribution in [0.15, 0.2) is 42.7 Å². The number of H-pyrrole nitrogens is 1. The Hall–Kier alpha value is -3.75. The monoisotopic (exact) mass is 410 g/mol. The van der Waals surface area contributed by atoms with Crippen LogP contribution in [0.5, 0.6) is 23.0 Å². The molecule has 156 valence electrons. The molecule has 3 heterocycles. The van der Waals surface area contributed by atoms with Gasteiger partial charge in [0.25, 0.3) is 5.91 Å². The number of ether oxygens (including phenoxy) is 4. The molecule has 1 fully saturated rings. The number of amides is 1. The van der Waals surface area contributed by atoms with E-state index in [-0.39, 0.29) is 12.0 Å². The van der Waals surface area contributed by atoms with Gasteiger partial charge in [0.1, 0.15) is 17.5 Å². The van der Waals surface area contributed by atoms with Crippen LogP contribution in [0.3, 0.4) is 0 Å². The summed E-state index contributed by atoms with van der Waals surface area (Å²) < 4.78 is 21.9. The fraction of sp³-hybridized carbons (Fsp3) is 0.286. The Morgan fingerprint density at radius 1 is 1.10 bits per heavy atom. The van der Waals surface area contributed by atoms with Gasteiger partial charge in [-0.3, -0.25) is 14.9 Å². The average Bonchev–Trinajstić information content (AvgIpc) is 3.25. The summed E-state index contributed by atoms with van der Waals surface area (Å²) in [5.41, 5.74) is 1.74. The number of nitrogens with one attached hydrogen (secondary N) is 1. The first-order valence-corrected chi connectivity index (χ1v) is 9.34. The third-order valence-electron chi connectivity index (χ3n) is 4.84. The summed E-state index contributed by atoms with van der Waals surface area (Å²) in [6, 6.07) is 8.93. The zero-order chi connectivity index (χ0) is 21.1. The molecule has 3 aromatic rings. The zero-order valence-corrected chi connectivity index (χ0v) is 16.9. The predicted octanol–water partition coefficient (Wildman–Crippen LogP) is 2.40. The molecule has 9 nitrogen and oxygen atoms in total. The minimum absolute atomic E-state index is 0.0457. The van der Waals surface area contributed by atoms with Crippen molar-refractivity contribution in [2.45, 2.75) is 6.10 Å². The summed E-state index contributed by atoms with van der Waals surface area (Å²) in [6.45, 7) is 1.01. The molecule has 1 amide bonds. The van der Waals surface area contributed by atoms with Gasteiger partial charge >= 0.3 is 0 Å². The molecule has 0 radical (unpaired) electrons. The Balaban J connectivity index is 1.45. The third kappa shape index (κ3) is 3.73. The van der Waals surface area contributed by atoms with Crippen molar-refractivity contribution in [3.05, 3.63) is 48.4 Å². The van der Waals surface area contributed by atoms with E-state index in [1.807, 2.05) is 12.1 Å². The number of methoxy groups -OCH3 is 3. The molecule has 30 heavy (non-hydrogen) atoms. The summed E-state index contributed by atoms with van der Waals surface area (Å²) in [4.78, 5) is 18.5. The molecule has 4 rings (SSSR count). The number of pyridine rings is 1. The van der Waals surface area contributed by atoms with Gasteiger partial charge in [-0.15, -0.1) is 0 Å². The molecule has 1 saturated heterocycles. The first-order valence-electron chi connectivity index (χ1n) is 9.34. The van der Waals surface area contributed by atoms with Crippen molar-refractivity contribution in [3.8, 4) is 34.3 Å². The number of hydrogen-bond acceptors (Lipinski definition) is 7. The SMILES string of the molecule is COc1cc(-c2cc(C(=O)N3CC(Oc4cccnc4)C3)[nH]n2)cc(OC)c1OC. The van der Waals surface area contributed by atoms with Crippen LogP contribution in [0.1, 0.15) is 10.5 Å². The van der Waals surface area contributed by atoms with Gasteiger partial charge in [0, 0.05) is 11.8 Å². The molecule has 0 saturated carbocycles. The van der Waals surface area contributed by atoms with Crippen molar-refractivity contribution in [3.63, 3.8) is 0 Å². The molecule has 0 spiro atoms. The summed E-state index contributed by atoms with van der Waals surface area (Å²) in [7, 11) is 4.65. The van der Waals surface area contributed by atoms with Crippen molar-refractivity contribution in [1.82, 2.24) is 20.1 Å². The lowest BCUT2D eigenvalue weighted by atomic mass is 10.1. The first kappa shape index (κ1) is 19.6. The minimum atomic E-state index is -0.132. The molecule has 0 unspecified atom stereocenters. The predicted molar refractivity (Wildman–Crippen MR) is 108 cm³/mol. The molecule has 1 aromatic carbocycles. The van der Waals surface area contributed by atoms with Crippen molar-refractivity contribution in [2.24, 2.45) is 0 Å². The second-order valence-electron chi connectivity index (χ2n) is 6.72. The Morgan fingerprint density at radius 3 is 2.43 bits per heavy atom. The van der Waals surface area contributed by atoms with Gasteiger partial charge in [-0.2, -0.15) is 5.10 Å². The lowest BCUT2D eigenvalue weighted by Crippen LogP contribution is -2.56. The molecule has 0 aliphatic carbocycles. The summed E-state index contributed by atoms with van der Waals surface area (Å²) in [5, 5.41) is 7.09. The number of hydrogen-bond donors (Lipinski definition) is 1. The van der Waals surface area contributed by atoms with E-state index in [4.69, 9.17) is 18.9 Å². The summed E-state index contributed by atoms with van der Waals surface area (Å²) in [6.07, 6.45) is 3.30. The highest BCUT2D eigenvalue weighted by molar-refractivity contribution is 5.94. The van der Waals surface area contributed by atoms with E-state index in [9.17, 15) is 4.79 Å². The highest BCUT2D eigenvalue weighted by Crippen LogP contribution is 2.40. The Morgan fingerprint density at radius 2 is 1.83 bits per heavy atom. The van der Waals surface area contributed by atoms with Crippen LogP contribution in [-0.4, -0.2) is 66.5 Å². The van der Waals surface area contributed by atoms with Gasteiger partial charge in [-0.25, -0.2) is 0 Å². The molecule has 1 aliphatic rings. The number of aromatic nitrogens is 3. The molecular weight excluding hydrogens is 388 g/mol. The van der Waals surface area contributed by atoms with Crippen LogP contribution < -0.4 is 18.9 Å². The number of carbonyl (C=O) groups is 1. The number of rotatable bonds is 7. The van der Waals surface area contributed by atoms with E-state index in [2.05, 4.69) is 15.2 Å². The normalized spacial score (nSPS) is 13.5. The van der Waals surface area contributed by atoms with E-state index in [1.165, 1.54) is 0 Å². The molecule has 0 atom stereocenters. The van der Waals surface area contributed by atoms with Crippen molar-refractivity contribution in [2.75, 3.05) is 34.4 Å². The number of nitrogens with zero attached hydrogens (tertiary/aromatic N) is 3. The van der Waals surface area contributed by atoms with Gasteiger partial charge in [0.15, 0.2) is 11.5 Å². The van der Waals surface area contributed by atoms with Crippen molar-refractivity contribution < 1.29 is 23.7 Å². The van der Waals surface area contributed by atoms with E-state index in [0.29, 0.717) is 47.5 Å². The standard InChI is InChI=1S/C21H22N4O5/c1-27-18-7-13(8-19(28-2)20(18)29-3)16-9-17(24-23-16)21(26)25-11-15(12-25)30-14-5-4-6-22-10-14/h4-10,15H,11-12H2,1-3H3,(H,23,24). The second kappa shape index (κ2) is 8.32. The van der Waals surface area contributed by atoms with Gasteiger partial charge in [0.2, 0.25) is 5.75 Å². The van der Waals surface area contributed by atoms with Gasteiger partial charge < -0.3 is 23.8 Å². The largest absolute Gasteiger partial charge is 0.493 e. The highest BCUT2D eigenvalue weighted by atomic mass is 16.5. The third-order valence-corrected chi connectivity index (χ3v) is 4.84. The average molecular weight is 410 g/mol. The number of aromatic amines is 1. The topological polar surface area (TPSA) is 98.8 Å². The van der Waals surface area contributed by atoms with Crippen LogP contribution >= 0.6 is 0 Å². The maximum atomic E-state index is 12.7. The van der Waals surface area contributed by atoms with Crippen LogP contribution in [-0.2, 0) is 0 Å². The molecule has 2 aromatic heterocycles. The first-order chi connectivity index (χ1) is 14.6. The van der Waals surface area contributed by atoms with E-state index < -0.39 is 0 Å². The minimum Gasteiger partial charge on any atom is -0.493 e. The number of benzene rings is 1. The van der Waals surface area contributed by atoms with Gasteiger partial charge in [-0.1, -0.05) is 0 Å². The Labute approximate surface area is 173 Å². The molecule has 1 N–H and O–H groups in total. The zero-order valence-electron chi connectivity index (χ0n) is 16.9. The van der Waals surface area contributed by atoms with Gasteiger partial charge in [0.05, 0.1) is 46.3 Å². The van der Waals surface area contributed by atoms with Crippen molar-refractivity contribution in [1.29, 1.82) is 0 Å². The smallest absolute Gasteiger partial charge is 0.272 e. The second-order valence-corrected chi connectivity index (χ2v) is 6.72. The number of likely N-dealkylation sites (tertiary alicyclic amines) is 1. The summed E-state index contributed by atoms with van der Waals surface area (Å²) in [5.74, 6) is 2.09. The quantitative estimate of drug-likeness (QED) is 0.639. The van der Waals surface area contributed by atoms with Crippen molar-refractivity contribution >= 4 is 5.91 Å². The van der Waals surface area contributed by atoms with Crippen LogP contribution in [0.4, 0.5) is 0 Å². The fourth-order valence-corrected chi connectivity index (χ4v) is 3.27. The van der Waals surface area contributed by atoms with Crippen LogP contribution in [0, 0.1) is 0 Å². The Bertz CT molecular complexity index is 1010.